The molecule has 1 spiro atoms. The van der Waals surface area contributed by atoms with Gasteiger partial charge in [0.2, 0.25) is 11.8 Å². The van der Waals surface area contributed by atoms with Gasteiger partial charge >= 0.3 is 0 Å². The lowest BCUT2D eigenvalue weighted by Crippen LogP contribution is -2.51. The van der Waals surface area contributed by atoms with Crippen LogP contribution in [0.3, 0.4) is 0 Å². The Balaban J connectivity index is 1.41. The maximum atomic E-state index is 13.3. The number of hydrogen-bond acceptors (Lipinski definition) is 3. The highest BCUT2D eigenvalue weighted by Crippen LogP contribution is 2.50. The number of nitrogens with zero attached hydrogens (tertiary/aromatic N) is 2. The Morgan fingerprint density at radius 1 is 1.14 bits per heavy atom. The van der Waals surface area contributed by atoms with Crippen LogP contribution in [0.2, 0.25) is 0 Å². The number of carbonyl (C=O) groups excluding carboxylic acids is 2. The van der Waals surface area contributed by atoms with Crippen LogP contribution in [0.4, 0.5) is 0 Å². The molecule has 28 heavy (non-hydrogen) atoms. The van der Waals surface area contributed by atoms with Crippen LogP contribution in [0, 0.1) is 18.3 Å². The summed E-state index contributed by atoms with van der Waals surface area (Å²) in [5.74, 6) is 0.873. The lowest BCUT2D eigenvalue weighted by Gasteiger charge is -2.44. The Labute approximate surface area is 168 Å². The van der Waals surface area contributed by atoms with Crippen molar-refractivity contribution in [2.75, 3.05) is 19.6 Å². The third kappa shape index (κ3) is 3.57. The lowest BCUT2D eigenvalue weighted by molar-refractivity contribution is -0.143. The third-order valence-electron chi connectivity index (χ3n) is 7.54. The molecule has 1 saturated carbocycles. The second kappa shape index (κ2) is 7.86. The number of rotatable bonds is 4. The van der Waals surface area contributed by atoms with E-state index in [0.29, 0.717) is 30.7 Å². The molecule has 2 aliphatic heterocycles. The van der Waals surface area contributed by atoms with E-state index in [2.05, 4.69) is 31.2 Å². The topological polar surface area (TPSA) is 66.6 Å². The van der Waals surface area contributed by atoms with Gasteiger partial charge in [-0.1, -0.05) is 36.2 Å². The van der Waals surface area contributed by atoms with Crippen LogP contribution in [0.15, 0.2) is 24.3 Å². The van der Waals surface area contributed by atoms with Crippen LogP contribution in [-0.4, -0.2) is 47.3 Å². The molecular weight excluding hydrogens is 350 g/mol. The molecule has 4 rings (SSSR count). The maximum Gasteiger partial charge on any atom is 0.245 e. The van der Waals surface area contributed by atoms with E-state index in [-0.39, 0.29) is 17.9 Å². The van der Waals surface area contributed by atoms with Crippen molar-refractivity contribution in [3.05, 3.63) is 35.4 Å². The number of aryl methyl sites for hydroxylation is 1. The van der Waals surface area contributed by atoms with Crippen molar-refractivity contribution < 1.29 is 9.59 Å². The third-order valence-corrected chi connectivity index (χ3v) is 7.54. The Hall–Kier alpha value is -1.88. The summed E-state index contributed by atoms with van der Waals surface area (Å²) in [7, 11) is 0. The second-order valence-electron chi connectivity index (χ2n) is 9.07. The quantitative estimate of drug-likeness (QED) is 0.869. The van der Waals surface area contributed by atoms with Gasteiger partial charge in [-0.2, -0.15) is 0 Å². The van der Waals surface area contributed by atoms with Crippen molar-refractivity contribution in [1.29, 1.82) is 0 Å². The minimum atomic E-state index is -0.295. The number of benzene rings is 1. The predicted molar refractivity (Wildman–Crippen MR) is 109 cm³/mol. The van der Waals surface area contributed by atoms with Gasteiger partial charge in [0.25, 0.3) is 0 Å². The monoisotopic (exact) mass is 383 g/mol. The SMILES string of the molecule is Cc1ccc(CN2C(=O)CCC2C(=O)N2CCC3(CCCC3CN)CC2)cc1. The van der Waals surface area contributed by atoms with Crippen LogP contribution in [-0.2, 0) is 16.1 Å². The van der Waals surface area contributed by atoms with E-state index < -0.39 is 0 Å². The Bertz CT molecular complexity index is 722. The van der Waals surface area contributed by atoms with Crippen LogP contribution >= 0.6 is 0 Å². The van der Waals surface area contributed by atoms with E-state index in [9.17, 15) is 9.59 Å². The first-order chi connectivity index (χ1) is 13.5. The van der Waals surface area contributed by atoms with E-state index in [0.717, 1.165) is 38.0 Å². The first-order valence-corrected chi connectivity index (χ1v) is 10.9. The molecule has 0 radical (unpaired) electrons. The first kappa shape index (κ1) is 19.4. The van der Waals surface area contributed by atoms with Gasteiger partial charge in [-0.05, 0) is 62.5 Å². The summed E-state index contributed by atoms with van der Waals surface area (Å²) in [6, 6.07) is 7.94. The van der Waals surface area contributed by atoms with Gasteiger partial charge in [-0.15, -0.1) is 0 Å². The fourth-order valence-electron chi connectivity index (χ4n) is 5.70. The molecule has 1 aromatic carbocycles. The summed E-state index contributed by atoms with van der Waals surface area (Å²) in [4.78, 5) is 29.6. The van der Waals surface area contributed by atoms with Crippen molar-refractivity contribution in [3.63, 3.8) is 0 Å². The van der Waals surface area contributed by atoms with E-state index in [4.69, 9.17) is 5.73 Å². The van der Waals surface area contributed by atoms with Crippen LogP contribution < -0.4 is 5.73 Å². The molecule has 2 amide bonds. The number of carbonyl (C=O) groups is 2. The maximum absolute atomic E-state index is 13.3. The van der Waals surface area contributed by atoms with Crippen LogP contribution in [0.1, 0.15) is 56.1 Å². The second-order valence-corrected chi connectivity index (χ2v) is 9.07. The number of nitrogens with two attached hydrogens (primary N) is 1. The van der Waals surface area contributed by atoms with Crippen LogP contribution in [0.25, 0.3) is 0 Å². The zero-order chi connectivity index (χ0) is 19.7. The minimum absolute atomic E-state index is 0.103. The molecule has 2 unspecified atom stereocenters. The van der Waals surface area contributed by atoms with Gasteiger partial charge in [-0.25, -0.2) is 0 Å². The summed E-state index contributed by atoms with van der Waals surface area (Å²) < 4.78 is 0. The standard InChI is InChI=1S/C23H33N3O2/c1-17-4-6-18(7-5-17)16-26-20(8-9-21(26)27)22(28)25-13-11-23(12-14-25)10-2-3-19(23)15-24/h4-7,19-20H,2-3,8-16,24H2,1H3. The normalized spacial score (nSPS) is 27.0. The lowest BCUT2D eigenvalue weighted by atomic mass is 9.70. The zero-order valence-corrected chi connectivity index (χ0v) is 17.0. The molecule has 1 aliphatic carbocycles. The van der Waals surface area contributed by atoms with Gasteiger partial charge < -0.3 is 15.5 Å². The molecule has 5 nitrogen and oxygen atoms in total. The molecule has 152 valence electrons. The molecule has 2 N–H and O–H groups in total. The molecule has 2 atom stereocenters. The van der Waals surface area contributed by atoms with E-state index in [1.54, 1.807) is 4.90 Å². The highest BCUT2D eigenvalue weighted by molar-refractivity contribution is 5.91. The molecule has 0 bridgehead atoms. The number of likely N-dealkylation sites (tertiary alicyclic amines) is 2. The molecular formula is C23H33N3O2. The summed E-state index contributed by atoms with van der Waals surface area (Å²) in [5, 5.41) is 0. The minimum Gasteiger partial charge on any atom is -0.341 e. The van der Waals surface area contributed by atoms with Gasteiger partial charge in [0.05, 0.1) is 0 Å². The highest BCUT2D eigenvalue weighted by Gasteiger charge is 2.46. The Morgan fingerprint density at radius 3 is 2.54 bits per heavy atom. The molecule has 3 aliphatic rings. The zero-order valence-electron chi connectivity index (χ0n) is 17.0. The van der Waals surface area contributed by atoms with Gasteiger partial charge in [0, 0.05) is 26.1 Å². The summed E-state index contributed by atoms with van der Waals surface area (Å²) in [5.41, 5.74) is 8.68. The van der Waals surface area contributed by atoms with Crippen molar-refractivity contribution in [2.24, 2.45) is 17.1 Å². The van der Waals surface area contributed by atoms with E-state index >= 15 is 0 Å². The van der Waals surface area contributed by atoms with Gasteiger partial charge in [0.15, 0.2) is 0 Å². The molecule has 3 fully saturated rings. The number of piperidine rings is 1. The smallest absolute Gasteiger partial charge is 0.245 e. The average Bonchev–Trinajstić information content (AvgIpc) is 3.27. The van der Waals surface area contributed by atoms with Crippen molar-refractivity contribution in [1.82, 2.24) is 9.80 Å². The Morgan fingerprint density at radius 2 is 1.86 bits per heavy atom. The molecule has 2 heterocycles. The number of hydrogen-bond donors (Lipinski definition) is 1. The fraction of sp³-hybridized carbons (Fsp3) is 0.652. The summed E-state index contributed by atoms with van der Waals surface area (Å²) >= 11 is 0. The van der Waals surface area contributed by atoms with Gasteiger partial charge in [0.1, 0.15) is 6.04 Å². The Kier molecular flexibility index (Phi) is 5.46. The van der Waals surface area contributed by atoms with Crippen LogP contribution in [0.5, 0.6) is 0 Å². The van der Waals surface area contributed by atoms with E-state index in [1.807, 2.05) is 4.90 Å². The molecule has 2 saturated heterocycles. The summed E-state index contributed by atoms with van der Waals surface area (Å²) in [6.07, 6.45) is 7.05. The predicted octanol–water partition coefficient (Wildman–Crippen LogP) is 2.85. The van der Waals surface area contributed by atoms with Crippen molar-refractivity contribution >= 4 is 11.8 Å². The van der Waals surface area contributed by atoms with E-state index in [1.165, 1.54) is 24.8 Å². The molecule has 1 aromatic rings. The van der Waals surface area contributed by atoms with Crippen molar-refractivity contribution in [3.8, 4) is 0 Å². The van der Waals surface area contributed by atoms with Crippen molar-refractivity contribution in [2.45, 2.75) is 64.5 Å². The number of amides is 2. The molecule has 5 heteroatoms. The molecule has 0 aromatic heterocycles. The fourth-order valence-corrected chi connectivity index (χ4v) is 5.70. The largest absolute Gasteiger partial charge is 0.341 e. The average molecular weight is 384 g/mol. The highest BCUT2D eigenvalue weighted by atomic mass is 16.2. The first-order valence-electron chi connectivity index (χ1n) is 10.9. The summed E-state index contributed by atoms with van der Waals surface area (Å²) in [6.45, 7) is 4.99. The van der Waals surface area contributed by atoms with Gasteiger partial charge in [-0.3, -0.25) is 9.59 Å².